The SMILES string of the molecule is O=S(=O)([O-])c1ccccc1.[Ag+]. The third-order valence-corrected chi connectivity index (χ3v) is 1.88. The second-order valence-corrected chi connectivity index (χ2v) is 3.15. The van der Waals surface area contributed by atoms with E-state index >= 15 is 0 Å². The number of hydrogen-bond acceptors (Lipinski definition) is 3. The van der Waals surface area contributed by atoms with E-state index in [0.717, 1.165) is 0 Å². The Morgan fingerprint density at radius 2 is 1.55 bits per heavy atom. The van der Waals surface area contributed by atoms with E-state index < -0.39 is 10.1 Å². The van der Waals surface area contributed by atoms with Crippen molar-refractivity contribution in [2.24, 2.45) is 0 Å². The summed E-state index contributed by atoms with van der Waals surface area (Å²) in [5.41, 5.74) is 0. The molecule has 0 saturated heterocycles. The summed E-state index contributed by atoms with van der Waals surface area (Å²) >= 11 is 0. The summed E-state index contributed by atoms with van der Waals surface area (Å²) in [6.07, 6.45) is 0. The number of hydrogen-bond donors (Lipinski definition) is 0. The minimum absolute atomic E-state index is 0. The molecule has 1 aromatic rings. The summed E-state index contributed by atoms with van der Waals surface area (Å²) in [5, 5.41) is 0. The molecule has 3 nitrogen and oxygen atoms in total. The Labute approximate surface area is 80.7 Å². The predicted molar refractivity (Wildman–Crippen MR) is 34.4 cm³/mol. The molecule has 0 aliphatic heterocycles. The number of benzene rings is 1. The Bertz CT molecular complexity index is 306. The van der Waals surface area contributed by atoms with Crippen molar-refractivity contribution in [1.29, 1.82) is 0 Å². The van der Waals surface area contributed by atoms with Gasteiger partial charge in [0.1, 0.15) is 10.1 Å². The van der Waals surface area contributed by atoms with E-state index in [2.05, 4.69) is 0 Å². The first-order chi connectivity index (χ1) is 4.61. The molecule has 0 bridgehead atoms. The number of rotatable bonds is 1. The molecule has 0 aliphatic carbocycles. The van der Waals surface area contributed by atoms with Crippen LogP contribution >= 0.6 is 0 Å². The zero-order valence-corrected chi connectivity index (χ0v) is 7.62. The predicted octanol–water partition coefficient (Wildman–Crippen LogP) is 0.588. The van der Waals surface area contributed by atoms with Gasteiger partial charge in [-0.05, 0) is 12.1 Å². The molecule has 0 radical (unpaired) electrons. The molecule has 0 amide bonds. The molecule has 5 heteroatoms. The summed E-state index contributed by atoms with van der Waals surface area (Å²) in [6.45, 7) is 0. The van der Waals surface area contributed by atoms with Crippen LogP contribution in [-0.2, 0) is 32.5 Å². The van der Waals surface area contributed by atoms with Crippen molar-refractivity contribution in [3.05, 3.63) is 30.3 Å². The van der Waals surface area contributed by atoms with E-state index in [0.29, 0.717) is 0 Å². The monoisotopic (exact) mass is 264 g/mol. The van der Waals surface area contributed by atoms with Gasteiger partial charge in [-0.15, -0.1) is 0 Å². The summed E-state index contributed by atoms with van der Waals surface area (Å²) < 4.78 is 30.8. The van der Waals surface area contributed by atoms with Gasteiger partial charge in [0.2, 0.25) is 0 Å². The van der Waals surface area contributed by atoms with Gasteiger partial charge in [-0.2, -0.15) is 0 Å². The topological polar surface area (TPSA) is 57.2 Å². The summed E-state index contributed by atoms with van der Waals surface area (Å²) in [5.74, 6) is 0. The first kappa shape index (κ1) is 10.9. The van der Waals surface area contributed by atoms with Gasteiger partial charge in [0.25, 0.3) is 0 Å². The van der Waals surface area contributed by atoms with Gasteiger partial charge < -0.3 is 4.55 Å². The van der Waals surface area contributed by atoms with Gasteiger partial charge in [0.15, 0.2) is 0 Å². The minimum atomic E-state index is -4.25. The van der Waals surface area contributed by atoms with Crippen molar-refractivity contribution in [2.45, 2.75) is 4.90 Å². The largest absolute Gasteiger partial charge is 1.00 e. The Morgan fingerprint density at radius 3 is 1.82 bits per heavy atom. The summed E-state index contributed by atoms with van der Waals surface area (Å²) in [4.78, 5) is -0.185. The van der Waals surface area contributed by atoms with E-state index in [4.69, 9.17) is 0 Å². The van der Waals surface area contributed by atoms with Crippen molar-refractivity contribution in [2.75, 3.05) is 0 Å². The first-order valence-corrected chi connectivity index (χ1v) is 4.02. The van der Waals surface area contributed by atoms with Crippen LogP contribution in [0.1, 0.15) is 0 Å². The molecule has 64 valence electrons. The van der Waals surface area contributed by atoms with E-state index in [1.54, 1.807) is 6.07 Å². The Kier molecular flexibility index (Phi) is 3.99. The smallest absolute Gasteiger partial charge is 0.744 e. The molecule has 0 aliphatic rings. The Hall–Kier alpha value is -0.130. The van der Waals surface area contributed by atoms with Gasteiger partial charge in [0, 0.05) is 0 Å². The normalized spacial score (nSPS) is 10.3. The Balaban J connectivity index is 0.000001000. The van der Waals surface area contributed by atoms with Gasteiger partial charge in [0.05, 0.1) is 4.90 Å². The van der Waals surface area contributed by atoms with Crippen LogP contribution < -0.4 is 0 Å². The Morgan fingerprint density at radius 1 is 1.09 bits per heavy atom. The zero-order chi connectivity index (χ0) is 7.61. The third kappa shape index (κ3) is 3.18. The van der Waals surface area contributed by atoms with Crippen LogP contribution in [0.3, 0.4) is 0 Å². The zero-order valence-electron chi connectivity index (χ0n) is 5.32. The van der Waals surface area contributed by atoms with E-state index in [-0.39, 0.29) is 27.3 Å². The van der Waals surface area contributed by atoms with Crippen LogP contribution in [0.5, 0.6) is 0 Å². The first-order valence-electron chi connectivity index (χ1n) is 2.61. The van der Waals surface area contributed by atoms with Crippen molar-refractivity contribution >= 4 is 10.1 Å². The van der Waals surface area contributed by atoms with Crippen molar-refractivity contribution < 1.29 is 35.4 Å². The molecular formula is C6H5AgO3S. The summed E-state index contributed by atoms with van der Waals surface area (Å²) in [7, 11) is -4.25. The van der Waals surface area contributed by atoms with E-state index in [9.17, 15) is 13.0 Å². The maximum Gasteiger partial charge on any atom is 1.00 e. The molecule has 0 heterocycles. The van der Waals surface area contributed by atoms with E-state index in [1.807, 2.05) is 0 Å². The molecule has 1 aromatic carbocycles. The van der Waals surface area contributed by atoms with Crippen LogP contribution in [0.4, 0.5) is 0 Å². The molecule has 0 N–H and O–H groups in total. The fourth-order valence-corrected chi connectivity index (χ4v) is 1.08. The van der Waals surface area contributed by atoms with Crippen molar-refractivity contribution in [3.8, 4) is 0 Å². The average Bonchev–Trinajstić information content (AvgIpc) is 1.88. The average molecular weight is 265 g/mol. The second-order valence-electron chi connectivity index (χ2n) is 1.77. The molecule has 0 aromatic heterocycles. The summed E-state index contributed by atoms with van der Waals surface area (Å²) in [6, 6.07) is 7.19. The fourth-order valence-electron chi connectivity index (χ4n) is 0.587. The van der Waals surface area contributed by atoms with Crippen molar-refractivity contribution in [1.82, 2.24) is 0 Å². The van der Waals surface area contributed by atoms with Gasteiger partial charge >= 0.3 is 22.4 Å². The molecule has 0 spiro atoms. The van der Waals surface area contributed by atoms with Crippen LogP contribution in [-0.4, -0.2) is 13.0 Å². The molecular weight excluding hydrogens is 260 g/mol. The van der Waals surface area contributed by atoms with Gasteiger partial charge in [-0.25, -0.2) is 8.42 Å². The maximum absolute atomic E-state index is 10.3. The molecule has 0 unspecified atom stereocenters. The van der Waals surface area contributed by atoms with Gasteiger partial charge in [-0.1, -0.05) is 18.2 Å². The standard InChI is InChI=1S/C6H6O3S.Ag/c7-10(8,9)6-4-2-1-3-5-6;/h1-5H,(H,7,8,9);/q;+1/p-1. The molecule has 11 heavy (non-hydrogen) atoms. The fraction of sp³-hybridized carbons (Fsp3) is 0. The maximum atomic E-state index is 10.3. The van der Waals surface area contributed by atoms with E-state index in [1.165, 1.54) is 24.3 Å². The van der Waals surface area contributed by atoms with Crippen LogP contribution in [0, 0.1) is 0 Å². The van der Waals surface area contributed by atoms with Crippen LogP contribution in [0.2, 0.25) is 0 Å². The van der Waals surface area contributed by atoms with Crippen LogP contribution in [0.15, 0.2) is 35.2 Å². The quantitative estimate of drug-likeness (QED) is 0.551. The molecule has 0 saturated carbocycles. The van der Waals surface area contributed by atoms with Crippen molar-refractivity contribution in [3.63, 3.8) is 0 Å². The van der Waals surface area contributed by atoms with Gasteiger partial charge in [-0.3, -0.25) is 0 Å². The molecule has 0 atom stereocenters. The van der Waals surface area contributed by atoms with Crippen LogP contribution in [0.25, 0.3) is 0 Å². The molecule has 0 fully saturated rings. The second kappa shape index (κ2) is 4.04. The third-order valence-electron chi connectivity index (χ3n) is 1.03. The minimum Gasteiger partial charge on any atom is -0.744 e. The molecule has 1 rings (SSSR count).